The number of nitrogens with one attached hydrogen (secondary N) is 1. The van der Waals surface area contributed by atoms with Crippen molar-refractivity contribution in [2.75, 3.05) is 19.0 Å². The molecular weight excluding hydrogens is 277 g/mol. The molecule has 1 aromatic rings. The Hall–Kier alpha value is -1.83. The van der Waals surface area contributed by atoms with Gasteiger partial charge < -0.3 is 15.2 Å². The van der Waals surface area contributed by atoms with Crippen LogP contribution in [0.2, 0.25) is 0 Å². The van der Waals surface area contributed by atoms with Gasteiger partial charge in [0, 0.05) is 19.8 Å². The molecule has 0 fully saturated rings. The van der Waals surface area contributed by atoms with E-state index in [-0.39, 0.29) is 17.4 Å². The highest BCUT2D eigenvalue weighted by molar-refractivity contribution is 5.93. The van der Waals surface area contributed by atoms with Crippen molar-refractivity contribution in [1.29, 1.82) is 0 Å². The lowest BCUT2D eigenvalue weighted by molar-refractivity contribution is -0.141. The van der Waals surface area contributed by atoms with Crippen LogP contribution in [0.4, 0.5) is 19.0 Å². The normalized spacial score (nSPS) is 13.1. The topological polar surface area (TPSA) is 71.5 Å². The van der Waals surface area contributed by atoms with Crippen molar-refractivity contribution in [3.63, 3.8) is 0 Å². The molecule has 1 heterocycles. The first-order valence-electron chi connectivity index (χ1n) is 5.82. The molecule has 0 bridgehead atoms. The molecule has 1 unspecified atom stereocenters. The maximum absolute atomic E-state index is 12.6. The number of rotatable bonds is 6. The number of methoxy groups -OCH3 is 1. The van der Waals surface area contributed by atoms with Gasteiger partial charge in [-0.1, -0.05) is 0 Å². The number of anilines is 1. The highest BCUT2D eigenvalue weighted by atomic mass is 19.4. The summed E-state index contributed by atoms with van der Waals surface area (Å²) in [5, 5.41) is 11.6. The second kappa shape index (κ2) is 6.56. The number of hydrogen-bond acceptors (Lipinski definition) is 4. The van der Waals surface area contributed by atoms with Gasteiger partial charge in [0.1, 0.15) is 17.1 Å². The van der Waals surface area contributed by atoms with Gasteiger partial charge in [0.25, 0.3) is 0 Å². The number of carboxylic acids is 1. The molecule has 0 spiro atoms. The molecule has 20 heavy (non-hydrogen) atoms. The predicted octanol–water partition coefficient (Wildman–Crippen LogP) is 2.64. The lowest BCUT2D eigenvalue weighted by atomic mass is 10.2. The van der Waals surface area contributed by atoms with E-state index in [1.54, 1.807) is 6.92 Å². The van der Waals surface area contributed by atoms with E-state index in [1.807, 2.05) is 0 Å². The highest BCUT2D eigenvalue weighted by Crippen LogP contribution is 2.29. The number of carbonyl (C=O) groups is 1. The molecule has 1 rings (SSSR count). The third-order valence-corrected chi connectivity index (χ3v) is 2.55. The average molecular weight is 292 g/mol. The van der Waals surface area contributed by atoms with E-state index < -0.39 is 17.8 Å². The van der Waals surface area contributed by atoms with Gasteiger partial charge in [-0.2, -0.15) is 13.2 Å². The molecule has 5 nitrogen and oxygen atoms in total. The number of ether oxygens (including phenoxy) is 1. The zero-order valence-corrected chi connectivity index (χ0v) is 11.0. The molecule has 8 heteroatoms. The average Bonchev–Trinajstić information content (AvgIpc) is 2.34. The standard InChI is InChI=1S/C12H15F3N2O3/c1-7(5-6-20-2)16-10-8(11(18)19)3-4-9(17-10)12(13,14)15/h3-4,7H,5-6H2,1-2H3,(H,16,17)(H,18,19). The van der Waals surface area contributed by atoms with Crippen molar-refractivity contribution in [3.05, 3.63) is 23.4 Å². The lowest BCUT2D eigenvalue weighted by Gasteiger charge is -2.17. The van der Waals surface area contributed by atoms with Gasteiger partial charge in [0.05, 0.1) is 0 Å². The fraction of sp³-hybridized carbons (Fsp3) is 0.500. The highest BCUT2D eigenvalue weighted by Gasteiger charge is 2.33. The van der Waals surface area contributed by atoms with Gasteiger partial charge in [-0.05, 0) is 25.5 Å². The van der Waals surface area contributed by atoms with Crippen molar-refractivity contribution in [1.82, 2.24) is 4.98 Å². The Bertz CT molecular complexity index is 478. The van der Waals surface area contributed by atoms with Crippen LogP contribution >= 0.6 is 0 Å². The van der Waals surface area contributed by atoms with Crippen LogP contribution in [0.25, 0.3) is 0 Å². The summed E-state index contributed by atoms with van der Waals surface area (Å²) in [5.74, 6) is -1.64. The minimum atomic E-state index is -4.62. The van der Waals surface area contributed by atoms with E-state index >= 15 is 0 Å². The van der Waals surface area contributed by atoms with E-state index in [0.717, 1.165) is 6.07 Å². The number of halogens is 3. The van der Waals surface area contributed by atoms with Gasteiger partial charge in [-0.25, -0.2) is 9.78 Å². The third-order valence-electron chi connectivity index (χ3n) is 2.55. The molecule has 0 aliphatic heterocycles. The number of pyridine rings is 1. The zero-order valence-electron chi connectivity index (χ0n) is 11.0. The fourth-order valence-electron chi connectivity index (χ4n) is 1.50. The third kappa shape index (κ3) is 4.37. The van der Waals surface area contributed by atoms with Crippen molar-refractivity contribution in [3.8, 4) is 0 Å². The van der Waals surface area contributed by atoms with E-state index in [1.165, 1.54) is 7.11 Å². The van der Waals surface area contributed by atoms with Crippen LogP contribution in [-0.2, 0) is 10.9 Å². The van der Waals surface area contributed by atoms with Gasteiger partial charge in [-0.15, -0.1) is 0 Å². The maximum atomic E-state index is 12.6. The summed E-state index contributed by atoms with van der Waals surface area (Å²) in [6, 6.07) is 1.27. The first kappa shape index (κ1) is 16.2. The van der Waals surface area contributed by atoms with Crippen molar-refractivity contribution < 1.29 is 27.8 Å². The predicted molar refractivity (Wildman–Crippen MR) is 65.8 cm³/mol. The van der Waals surface area contributed by atoms with Crippen LogP contribution in [0.3, 0.4) is 0 Å². The summed E-state index contributed by atoms with van der Waals surface area (Å²) in [7, 11) is 1.50. The molecule has 0 amide bonds. The Morgan fingerprint density at radius 2 is 2.15 bits per heavy atom. The number of hydrogen-bond donors (Lipinski definition) is 2. The second-order valence-electron chi connectivity index (χ2n) is 4.22. The van der Waals surface area contributed by atoms with Gasteiger partial charge in [0.15, 0.2) is 0 Å². The van der Waals surface area contributed by atoms with Crippen LogP contribution < -0.4 is 5.32 Å². The first-order chi connectivity index (χ1) is 9.25. The Morgan fingerprint density at radius 1 is 1.50 bits per heavy atom. The summed E-state index contributed by atoms with van der Waals surface area (Å²) < 4.78 is 42.6. The van der Waals surface area contributed by atoms with E-state index in [9.17, 15) is 18.0 Å². The van der Waals surface area contributed by atoms with Crippen LogP contribution in [0.5, 0.6) is 0 Å². The summed E-state index contributed by atoms with van der Waals surface area (Å²) in [4.78, 5) is 14.3. The lowest BCUT2D eigenvalue weighted by Crippen LogP contribution is -2.21. The summed E-state index contributed by atoms with van der Waals surface area (Å²) in [5.41, 5.74) is -1.44. The summed E-state index contributed by atoms with van der Waals surface area (Å²) in [6.07, 6.45) is -4.11. The molecule has 0 radical (unpaired) electrons. The van der Waals surface area contributed by atoms with E-state index in [0.29, 0.717) is 19.1 Å². The minimum Gasteiger partial charge on any atom is -0.478 e. The Labute approximate surface area is 113 Å². The van der Waals surface area contributed by atoms with E-state index in [4.69, 9.17) is 9.84 Å². The second-order valence-corrected chi connectivity index (χ2v) is 4.22. The fourth-order valence-corrected chi connectivity index (χ4v) is 1.50. The first-order valence-corrected chi connectivity index (χ1v) is 5.82. The Balaban J connectivity index is 3.03. The number of aromatic carboxylic acids is 1. The molecule has 0 saturated heterocycles. The Kier molecular flexibility index (Phi) is 5.32. The minimum absolute atomic E-state index is 0.274. The van der Waals surface area contributed by atoms with Crippen LogP contribution in [0.1, 0.15) is 29.4 Å². The monoisotopic (exact) mass is 292 g/mol. The molecule has 112 valence electrons. The molecule has 2 N–H and O–H groups in total. The van der Waals surface area contributed by atoms with Crippen LogP contribution in [0, 0.1) is 0 Å². The molecule has 0 aromatic carbocycles. The quantitative estimate of drug-likeness (QED) is 0.843. The van der Waals surface area contributed by atoms with E-state index in [2.05, 4.69) is 10.3 Å². The number of nitrogens with zero attached hydrogens (tertiary/aromatic N) is 1. The summed E-state index contributed by atoms with van der Waals surface area (Å²) in [6.45, 7) is 2.10. The number of alkyl halides is 3. The SMILES string of the molecule is COCCC(C)Nc1nc(C(F)(F)F)ccc1C(=O)O. The maximum Gasteiger partial charge on any atom is 0.433 e. The van der Waals surface area contributed by atoms with Gasteiger partial charge >= 0.3 is 12.1 Å². The van der Waals surface area contributed by atoms with Gasteiger partial charge in [0.2, 0.25) is 0 Å². The molecule has 0 aliphatic rings. The van der Waals surface area contributed by atoms with Crippen molar-refractivity contribution in [2.45, 2.75) is 25.6 Å². The van der Waals surface area contributed by atoms with Crippen molar-refractivity contribution in [2.24, 2.45) is 0 Å². The van der Waals surface area contributed by atoms with Crippen molar-refractivity contribution >= 4 is 11.8 Å². The van der Waals surface area contributed by atoms with Crippen LogP contribution in [-0.4, -0.2) is 35.8 Å². The smallest absolute Gasteiger partial charge is 0.433 e. The number of aromatic nitrogens is 1. The zero-order chi connectivity index (χ0) is 15.3. The number of carboxylic acid groups (broad SMARTS) is 1. The molecule has 0 aliphatic carbocycles. The molecular formula is C12H15F3N2O3. The summed E-state index contributed by atoms with van der Waals surface area (Å²) >= 11 is 0. The largest absolute Gasteiger partial charge is 0.478 e. The molecule has 0 saturated carbocycles. The molecule has 1 atom stereocenters. The van der Waals surface area contributed by atoms with Crippen LogP contribution in [0.15, 0.2) is 12.1 Å². The molecule has 1 aromatic heterocycles. The van der Waals surface area contributed by atoms with Gasteiger partial charge in [-0.3, -0.25) is 0 Å². The Morgan fingerprint density at radius 3 is 2.65 bits per heavy atom.